The first kappa shape index (κ1) is 15.1. The fourth-order valence-corrected chi connectivity index (χ4v) is 3.09. The summed E-state index contributed by atoms with van der Waals surface area (Å²) < 4.78 is 2.63. The van der Waals surface area contributed by atoms with Crippen molar-refractivity contribution in [3.63, 3.8) is 0 Å². The van der Waals surface area contributed by atoms with Crippen LogP contribution >= 0.6 is 35.8 Å². The molecule has 5 nitrogen and oxygen atoms in total. The number of hydrazine groups is 1. The average Bonchev–Trinajstić information content (AvgIpc) is 2.62. The predicted octanol–water partition coefficient (Wildman–Crippen LogP) is 1.74. The largest absolute Gasteiger partial charge is 0.362 e. The van der Waals surface area contributed by atoms with Crippen LogP contribution in [0.3, 0.4) is 0 Å². The summed E-state index contributed by atoms with van der Waals surface area (Å²) >= 11 is 11.4. The van der Waals surface area contributed by atoms with Crippen LogP contribution in [0.2, 0.25) is 0 Å². The first-order valence-corrected chi connectivity index (χ1v) is 7.18. The molecule has 3 N–H and O–H groups in total. The Kier molecular flexibility index (Phi) is 5.70. The van der Waals surface area contributed by atoms with E-state index < -0.39 is 0 Å². The molecule has 0 aliphatic heterocycles. The van der Waals surface area contributed by atoms with Gasteiger partial charge in [-0.2, -0.15) is 0 Å². The van der Waals surface area contributed by atoms with E-state index in [1.807, 2.05) is 25.3 Å². The first-order valence-electron chi connectivity index (χ1n) is 5.55. The van der Waals surface area contributed by atoms with Crippen LogP contribution in [-0.2, 0) is 6.54 Å². The molecule has 1 rings (SSSR count). The molecule has 0 bridgehead atoms. The summed E-state index contributed by atoms with van der Waals surface area (Å²) in [6, 6.07) is 0. The van der Waals surface area contributed by atoms with E-state index in [1.54, 1.807) is 0 Å². The minimum Gasteiger partial charge on any atom is -0.362 e. The second kappa shape index (κ2) is 6.81. The third-order valence-corrected chi connectivity index (χ3v) is 4.09. The summed E-state index contributed by atoms with van der Waals surface area (Å²) in [6.07, 6.45) is 0. The molecule has 0 aliphatic rings. The van der Waals surface area contributed by atoms with E-state index in [0.717, 1.165) is 12.2 Å². The van der Waals surface area contributed by atoms with Gasteiger partial charge >= 0.3 is 0 Å². The van der Waals surface area contributed by atoms with Crippen LogP contribution in [0.1, 0.15) is 29.2 Å². The van der Waals surface area contributed by atoms with E-state index in [4.69, 9.17) is 24.4 Å². The molecule has 0 saturated heterocycles. The number of nitrogens with zero attached hydrogens (tertiary/aromatic N) is 1. The lowest BCUT2D eigenvalue weighted by Crippen LogP contribution is -2.46. The number of amides is 1. The van der Waals surface area contributed by atoms with Gasteiger partial charge in [0.15, 0.2) is 9.07 Å². The van der Waals surface area contributed by atoms with Crippen molar-refractivity contribution in [3.05, 3.63) is 14.5 Å². The molecule has 8 heteroatoms. The minimum absolute atomic E-state index is 0.226. The highest BCUT2D eigenvalue weighted by Gasteiger charge is 2.15. The van der Waals surface area contributed by atoms with Crippen LogP contribution in [0.5, 0.6) is 0 Å². The molecule has 0 fully saturated rings. The van der Waals surface area contributed by atoms with Gasteiger partial charge in [0.25, 0.3) is 5.91 Å². The molecule has 0 radical (unpaired) electrons. The Balaban J connectivity index is 2.74. The topological polar surface area (TPSA) is 58.1 Å². The molecule has 0 unspecified atom stereocenters. The summed E-state index contributed by atoms with van der Waals surface area (Å²) in [5.74, 6) is -0.226. The highest BCUT2D eigenvalue weighted by Crippen LogP contribution is 2.18. The molecule has 100 valence electrons. The highest BCUT2D eigenvalue weighted by atomic mass is 32.1. The Bertz CT molecular complexity index is 506. The second-order valence-electron chi connectivity index (χ2n) is 3.47. The zero-order valence-corrected chi connectivity index (χ0v) is 12.9. The van der Waals surface area contributed by atoms with E-state index in [1.165, 1.54) is 11.3 Å². The molecule has 0 aromatic carbocycles. The van der Waals surface area contributed by atoms with Crippen molar-refractivity contribution in [3.8, 4) is 0 Å². The average molecular weight is 304 g/mol. The summed E-state index contributed by atoms with van der Waals surface area (Å²) in [5, 5.41) is 3.27. The molecule has 18 heavy (non-hydrogen) atoms. The molecule has 0 aliphatic carbocycles. The summed E-state index contributed by atoms with van der Waals surface area (Å²) in [4.78, 5) is 12.6. The van der Waals surface area contributed by atoms with E-state index >= 15 is 0 Å². The quantitative estimate of drug-likeness (QED) is 0.586. The molecular formula is C10H16N4OS3. The smallest absolute Gasteiger partial charge is 0.281 e. The van der Waals surface area contributed by atoms with Gasteiger partial charge in [0, 0.05) is 18.8 Å². The van der Waals surface area contributed by atoms with Gasteiger partial charge < -0.3 is 9.88 Å². The lowest BCUT2D eigenvalue weighted by Gasteiger charge is -2.09. The van der Waals surface area contributed by atoms with Crippen molar-refractivity contribution in [2.45, 2.75) is 27.3 Å². The van der Waals surface area contributed by atoms with Crippen LogP contribution < -0.4 is 16.2 Å². The SMILES string of the molecule is CCNC(=S)NNC(=O)c1sc(=S)n(CC)c1C. The number of rotatable bonds is 3. The van der Waals surface area contributed by atoms with Gasteiger partial charge in [0.2, 0.25) is 0 Å². The van der Waals surface area contributed by atoms with Crippen molar-refractivity contribution in [2.24, 2.45) is 0 Å². The maximum atomic E-state index is 11.9. The number of thiazole rings is 1. The molecule has 0 atom stereocenters. The number of hydrogen-bond donors (Lipinski definition) is 3. The van der Waals surface area contributed by atoms with E-state index in [-0.39, 0.29) is 5.91 Å². The second-order valence-corrected chi connectivity index (χ2v) is 5.52. The van der Waals surface area contributed by atoms with Gasteiger partial charge in [-0.1, -0.05) is 11.3 Å². The number of thiocarbonyl (C=S) groups is 1. The molecule has 1 aromatic heterocycles. The van der Waals surface area contributed by atoms with Gasteiger partial charge in [-0.15, -0.1) is 0 Å². The van der Waals surface area contributed by atoms with Gasteiger partial charge in [-0.05, 0) is 45.2 Å². The van der Waals surface area contributed by atoms with Crippen LogP contribution in [0.15, 0.2) is 0 Å². The molecular weight excluding hydrogens is 288 g/mol. The van der Waals surface area contributed by atoms with Crippen molar-refractivity contribution in [2.75, 3.05) is 6.54 Å². The van der Waals surface area contributed by atoms with E-state index in [2.05, 4.69) is 16.2 Å². The van der Waals surface area contributed by atoms with Crippen LogP contribution in [0.4, 0.5) is 0 Å². The van der Waals surface area contributed by atoms with Gasteiger partial charge in [0.1, 0.15) is 4.88 Å². The summed E-state index contributed by atoms with van der Waals surface area (Å²) in [5.41, 5.74) is 6.06. The zero-order chi connectivity index (χ0) is 13.7. The monoisotopic (exact) mass is 304 g/mol. The van der Waals surface area contributed by atoms with Crippen molar-refractivity contribution in [1.29, 1.82) is 0 Å². The molecule has 0 saturated carbocycles. The third kappa shape index (κ3) is 3.50. The number of aromatic nitrogens is 1. The Labute approximate surface area is 121 Å². The lowest BCUT2D eigenvalue weighted by atomic mass is 10.3. The molecule has 1 amide bonds. The Morgan fingerprint density at radius 1 is 1.39 bits per heavy atom. The van der Waals surface area contributed by atoms with Gasteiger partial charge in [-0.25, -0.2) is 0 Å². The van der Waals surface area contributed by atoms with Crippen molar-refractivity contribution in [1.82, 2.24) is 20.7 Å². The van der Waals surface area contributed by atoms with Crippen LogP contribution in [0.25, 0.3) is 0 Å². The number of carbonyl (C=O) groups is 1. The van der Waals surface area contributed by atoms with Crippen LogP contribution in [0, 0.1) is 10.9 Å². The predicted molar refractivity (Wildman–Crippen MR) is 80.4 cm³/mol. The zero-order valence-electron chi connectivity index (χ0n) is 10.5. The van der Waals surface area contributed by atoms with Crippen LogP contribution in [-0.4, -0.2) is 22.1 Å². The third-order valence-electron chi connectivity index (χ3n) is 2.29. The van der Waals surface area contributed by atoms with Crippen molar-refractivity contribution < 1.29 is 4.79 Å². The Morgan fingerprint density at radius 2 is 2.06 bits per heavy atom. The summed E-state index contributed by atoms with van der Waals surface area (Å²) in [7, 11) is 0. The standard InChI is InChI=1S/C10H16N4OS3/c1-4-11-9(16)13-12-8(15)7-6(3)14(5-2)10(17)18-7/h4-5H2,1-3H3,(H,12,15)(H2,11,13,16). The van der Waals surface area contributed by atoms with Gasteiger partial charge in [0.05, 0.1) is 0 Å². The van der Waals surface area contributed by atoms with Crippen molar-refractivity contribution >= 4 is 46.8 Å². The fraction of sp³-hybridized carbons (Fsp3) is 0.500. The summed E-state index contributed by atoms with van der Waals surface area (Å²) in [6.45, 7) is 7.26. The normalized spacial score (nSPS) is 9.94. The van der Waals surface area contributed by atoms with Gasteiger partial charge in [-0.3, -0.25) is 15.6 Å². The highest BCUT2D eigenvalue weighted by molar-refractivity contribution is 7.80. The first-order chi connectivity index (χ1) is 8.51. The lowest BCUT2D eigenvalue weighted by molar-refractivity contribution is 0.0946. The maximum Gasteiger partial charge on any atom is 0.281 e. The van der Waals surface area contributed by atoms with E-state index in [0.29, 0.717) is 20.5 Å². The Morgan fingerprint density at radius 3 is 2.56 bits per heavy atom. The maximum absolute atomic E-state index is 11.9. The molecule has 0 spiro atoms. The molecule has 1 heterocycles. The number of hydrogen-bond acceptors (Lipinski definition) is 4. The number of nitrogens with one attached hydrogen (secondary N) is 3. The minimum atomic E-state index is -0.226. The number of carbonyl (C=O) groups excluding carboxylic acids is 1. The molecule has 1 aromatic rings. The fourth-order valence-electron chi connectivity index (χ4n) is 1.43. The van der Waals surface area contributed by atoms with E-state index in [9.17, 15) is 4.79 Å². The Hall–Kier alpha value is -0.990.